The number of nitrogens with one attached hydrogen (secondary N) is 1. The van der Waals surface area contributed by atoms with Crippen LogP contribution >= 0.6 is 27.5 Å². The van der Waals surface area contributed by atoms with Crippen LogP contribution in [-0.4, -0.2) is 5.84 Å². The third-order valence-electron chi connectivity index (χ3n) is 3.15. The van der Waals surface area contributed by atoms with Crippen molar-refractivity contribution in [1.29, 1.82) is 5.41 Å². The summed E-state index contributed by atoms with van der Waals surface area (Å²) < 4.78 is 14.0. The predicted molar refractivity (Wildman–Crippen MR) is 78.6 cm³/mol. The number of fused-ring (bicyclic) bond motifs is 1. The number of amidine groups is 1. The van der Waals surface area contributed by atoms with Gasteiger partial charge in [-0.15, -0.1) is 0 Å². The van der Waals surface area contributed by atoms with Gasteiger partial charge in [-0.2, -0.15) is 0 Å². The summed E-state index contributed by atoms with van der Waals surface area (Å²) in [7, 11) is 0. The smallest absolute Gasteiger partial charge is 0.133 e. The predicted octanol–water partition coefficient (Wildman–Crippen LogP) is 4.59. The SMILES string of the molecule is N=C1c2cc(F)ccc2CN1c1cccc(Cl)c1Br. The number of anilines is 1. The monoisotopic (exact) mass is 338 g/mol. The highest BCUT2D eigenvalue weighted by molar-refractivity contribution is 9.10. The zero-order valence-corrected chi connectivity index (χ0v) is 12.1. The van der Waals surface area contributed by atoms with Crippen LogP contribution in [-0.2, 0) is 6.54 Å². The number of benzene rings is 2. The molecule has 0 fully saturated rings. The maximum absolute atomic E-state index is 13.3. The summed E-state index contributed by atoms with van der Waals surface area (Å²) in [4.78, 5) is 1.81. The van der Waals surface area contributed by atoms with Gasteiger partial charge < -0.3 is 4.90 Å². The number of hydrogen-bond acceptors (Lipinski definition) is 1. The molecule has 0 unspecified atom stereocenters. The fourth-order valence-corrected chi connectivity index (χ4v) is 2.86. The molecule has 0 amide bonds. The zero-order chi connectivity index (χ0) is 13.6. The highest BCUT2D eigenvalue weighted by Crippen LogP contribution is 2.37. The minimum atomic E-state index is -0.324. The van der Waals surface area contributed by atoms with Crippen molar-refractivity contribution in [3.05, 3.63) is 62.8 Å². The Morgan fingerprint density at radius 3 is 2.84 bits per heavy atom. The van der Waals surface area contributed by atoms with E-state index in [0.29, 0.717) is 17.1 Å². The highest BCUT2D eigenvalue weighted by atomic mass is 79.9. The first-order chi connectivity index (χ1) is 9.08. The average molecular weight is 340 g/mol. The Balaban J connectivity index is 2.07. The second kappa shape index (κ2) is 4.62. The number of nitrogens with zero attached hydrogens (tertiary/aromatic N) is 1. The molecule has 0 spiro atoms. The van der Waals surface area contributed by atoms with Crippen LogP contribution in [0, 0.1) is 11.2 Å². The maximum Gasteiger partial charge on any atom is 0.133 e. The standard InChI is InChI=1S/C14H9BrClFN2/c15-13-11(16)2-1-3-12(13)19-7-8-4-5-9(17)6-10(8)14(19)18/h1-6,18H,7H2. The first-order valence-corrected chi connectivity index (χ1v) is 6.84. The third kappa shape index (κ3) is 2.05. The summed E-state index contributed by atoms with van der Waals surface area (Å²) in [6.07, 6.45) is 0. The Morgan fingerprint density at radius 2 is 2.05 bits per heavy atom. The van der Waals surface area contributed by atoms with E-state index in [2.05, 4.69) is 15.9 Å². The van der Waals surface area contributed by atoms with Crippen LogP contribution in [0.15, 0.2) is 40.9 Å². The molecular weight excluding hydrogens is 331 g/mol. The van der Waals surface area contributed by atoms with Crippen molar-refractivity contribution >= 4 is 39.1 Å². The third-order valence-corrected chi connectivity index (χ3v) is 4.52. The van der Waals surface area contributed by atoms with Gasteiger partial charge in [0, 0.05) is 5.56 Å². The van der Waals surface area contributed by atoms with E-state index in [-0.39, 0.29) is 11.7 Å². The average Bonchev–Trinajstić information content (AvgIpc) is 2.70. The fourth-order valence-electron chi connectivity index (χ4n) is 2.21. The molecule has 5 heteroatoms. The lowest BCUT2D eigenvalue weighted by Crippen LogP contribution is -2.23. The topological polar surface area (TPSA) is 27.1 Å². The molecule has 1 heterocycles. The Morgan fingerprint density at radius 1 is 1.26 bits per heavy atom. The van der Waals surface area contributed by atoms with E-state index < -0.39 is 0 Å². The van der Waals surface area contributed by atoms with E-state index in [9.17, 15) is 4.39 Å². The van der Waals surface area contributed by atoms with Crippen LogP contribution in [0.25, 0.3) is 0 Å². The second-order valence-electron chi connectivity index (χ2n) is 4.31. The van der Waals surface area contributed by atoms with Gasteiger partial charge in [0.1, 0.15) is 11.7 Å². The van der Waals surface area contributed by atoms with Crippen molar-refractivity contribution in [2.24, 2.45) is 0 Å². The first-order valence-electron chi connectivity index (χ1n) is 5.67. The van der Waals surface area contributed by atoms with Crippen LogP contribution in [0.5, 0.6) is 0 Å². The Bertz CT molecular complexity index is 687. The van der Waals surface area contributed by atoms with E-state index in [1.807, 2.05) is 12.1 Å². The molecule has 0 bridgehead atoms. The minimum Gasteiger partial charge on any atom is -0.321 e. The van der Waals surface area contributed by atoms with Gasteiger partial charge in [0.2, 0.25) is 0 Å². The lowest BCUT2D eigenvalue weighted by Gasteiger charge is -2.20. The Kier molecular flexibility index (Phi) is 3.07. The summed E-state index contributed by atoms with van der Waals surface area (Å²) in [5.74, 6) is -0.0343. The molecule has 19 heavy (non-hydrogen) atoms. The van der Waals surface area contributed by atoms with Gasteiger partial charge in [0.05, 0.1) is 21.7 Å². The van der Waals surface area contributed by atoms with Gasteiger partial charge in [0.25, 0.3) is 0 Å². The summed E-state index contributed by atoms with van der Waals surface area (Å²) in [6.45, 7) is 0.549. The van der Waals surface area contributed by atoms with Crippen molar-refractivity contribution in [1.82, 2.24) is 0 Å². The molecule has 2 aromatic carbocycles. The molecule has 0 saturated heterocycles. The van der Waals surface area contributed by atoms with Crippen molar-refractivity contribution < 1.29 is 4.39 Å². The Labute approximate surface area is 123 Å². The molecule has 1 aliphatic heterocycles. The van der Waals surface area contributed by atoms with Crippen LogP contribution < -0.4 is 4.90 Å². The number of hydrogen-bond donors (Lipinski definition) is 1. The van der Waals surface area contributed by atoms with Crippen molar-refractivity contribution in [2.45, 2.75) is 6.54 Å². The molecule has 3 rings (SSSR count). The van der Waals surface area contributed by atoms with Crippen LogP contribution in [0.2, 0.25) is 5.02 Å². The molecule has 2 nitrogen and oxygen atoms in total. The molecule has 0 saturated carbocycles. The summed E-state index contributed by atoms with van der Waals surface area (Å²) in [5.41, 5.74) is 2.39. The lowest BCUT2D eigenvalue weighted by atomic mass is 10.1. The van der Waals surface area contributed by atoms with E-state index in [4.69, 9.17) is 17.0 Å². The fraction of sp³-hybridized carbons (Fsp3) is 0.0714. The minimum absolute atomic E-state index is 0.289. The quantitative estimate of drug-likeness (QED) is 0.808. The zero-order valence-electron chi connectivity index (χ0n) is 9.75. The van der Waals surface area contributed by atoms with Crippen molar-refractivity contribution in [3.63, 3.8) is 0 Å². The summed E-state index contributed by atoms with van der Waals surface area (Å²) >= 11 is 9.51. The molecule has 0 atom stereocenters. The van der Waals surface area contributed by atoms with Gasteiger partial charge in [-0.25, -0.2) is 4.39 Å². The van der Waals surface area contributed by atoms with Gasteiger partial charge >= 0.3 is 0 Å². The van der Waals surface area contributed by atoms with Crippen molar-refractivity contribution in [3.8, 4) is 0 Å². The van der Waals surface area contributed by atoms with Gasteiger partial charge in [0.15, 0.2) is 0 Å². The van der Waals surface area contributed by atoms with E-state index in [0.717, 1.165) is 15.7 Å². The molecular formula is C14H9BrClFN2. The Hall–Kier alpha value is -1.39. The molecule has 1 N–H and O–H groups in total. The van der Waals surface area contributed by atoms with Gasteiger partial charge in [-0.3, -0.25) is 5.41 Å². The second-order valence-corrected chi connectivity index (χ2v) is 5.51. The first kappa shape index (κ1) is 12.6. The van der Waals surface area contributed by atoms with E-state index in [1.54, 1.807) is 17.0 Å². The van der Waals surface area contributed by atoms with Gasteiger partial charge in [-0.05, 0) is 45.8 Å². The molecule has 0 aromatic heterocycles. The van der Waals surface area contributed by atoms with Crippen LogP contribution in [0.3, 0.4) is 0 Å². The van der Waals surface area contributed by atoms with Gasteiger partial charge in [-0.1, -0.05) is 23.7 Å². The molecule has 1 aliphatic rings. The largest absolute Gasteiger partial charge is 0.321 e. The summed E-state index contributed by atoms with van der Waals surface area (Å²) in [6, 6.07) is 10.0. The molecule has 2 aromatic rings. The van der Waals surface area contributed by atoms with E-state index in [1.165, 1.54) is 12.1 Å². The van der Waals surface area contributed by atoms with Crippen LogP contribution in [0.1, 0.15) is 11.1 Å². The normalized spacial score (nSPS) is 13.8. The maximum atomic E-state index is 13.3. The van der Waals surface area contributed by atoms with E-state index >= 15 is 0 Å². The van der Waals surface area contributed by atoms with Crippen LogP contribution in [0.4, 0.5) is 10.1 Å². The van der Waals surface area contributed by atoms with Crippen molar-refractivity contribution in [2.75, 3.05) is 4.90 Å². The summed E-state index contributed by atoms with van der Waals surface area (Å²) in [5, 5.41) is 8.77. The molecule has 0 radical (unpaired) electrons. The highest BCUT2D eigenvalue weighted by Gasteiger charge is 2.27. The lowest BCUT2D eigenvalue weighted by molar-refractivity contribution is 0.627. The molecule has 96 valence electrons. The molecule has 0 aliphatic carbocycles. The number of halogens is 3. The number of rotatable bonds is 1.